The topological polar surface area (TPSA) is 79.7 Å². The molecule has 0 radical (unpaired) electrons. The molecule has 0 spiro atoms. The van der Waals surface area contributed by atoms with Crippen LogP contribution < -0.4 is 5.32 Å². The SMILES string of the molecule is COCCCN(CC(=O)Nc1cc(C(C)(C)C)nn1-c1ccc(C)cc1)C(=O)N(C)C. The van der Waals surface area contributed by atoms with Gasteiger partial charge in [-0.1, -0.05) is 38.5 Å². The maximum Gasteiger partial charge on any atom is 0.319 e. The molecule has 2 aromatic rings. The van der Waals surface area contributed by atoms with Gasteiger partial charge in [-0.2, -0.15) is 5.10 Å². The first-order valence-corrected chi connectivity index (χ1v) is 10.5. The number of nitrogens with one attached hydrogen (secondary N) is 1. The third kappa shape index (κ3) is 6.82. The average Bonchev–Trinajstić information content (AvgIpc) is 3.11. The molecule has 0 unspecified atom stereocenters. The van der Waals surface area contributed by atoms with Crippen molar-refractivity contribution in [3.05, 3.63) is 41.6 Å². The number of rotatable bonds is 8. The van der Waals surface area contributed by atoms with Gasteiger partial charge in [0, 0.05) is 45.8 Å². The number of aryl methyl sites for hydroxylation is 1. The van der Waals surface area contributed by atoms with Crippen molar-refractivity contribution in [2.45, 2.75) is 39.5 Å². The highest BCUT2D eigenvalue weighted by atomic mass is 16.5. The van der Waals surface area contributed by atoms with Crippen LogP contribution >= 0.6 is 0 Å². The van der Waals surface area contributed by atoms with E-state index in [2.05, 4.69) is 26.1 Å². The fourth-order valence-corrected chi connectivity index (χ4v) is 3.00. The molecule has 2 rings (SSSR count). The Morgan fingerprint density at radius 2 is 1.81 bits per heavy atom. The smallest absolute Gasteiger partial charge is 0.319 e. The summed E-state index contributed by atoms with van der Waals surface area (Å²) in [5.74, 6) is 0.300. The molecular weight excluding hydrogens is 394 g/mol. The molecule has 3 amide bonds. The Morgan fingerprint density at radius 1 is 1.16 bits per heavy atom. The molecule has 0 aliphatic rings. The van der Waals surface area contributed by atoms with E-state index in [1.807, 2.05) is 37.3 Å². The maximum absolute atomic E-state index is 12.9. The summed E-state index contributed by atoms with van der Waals surface area (Å²) >= 11 is 0. The van der Waals surface area contributed by atoms with Gasteiger partial charge in [0.15, 0.2) is 0 Å². The third-order valence-electron chi connectivity index (χ3n) is 4.79. The van der Waals surface area contributed by atoms with Crippen LogP contribution in [0.25, 0.3) is 5.69 Å². The standard InChI is InChI=1S/C23H35N5O3/c1-17-9-11-18(12-10-17)28-20(15-19(25-28)23(2,3)4)24-21(29)16-27(13-8-14-31-7)22(30)26(5)6/h9-12,15H,8,13-14,16H2,1-7H3,(H,24,29). The minimum absolute atomic E-state index is 0.0509. The van der Waals surface area contributed by atoms with E-state index in [0.29, 0.717) is 25.4 Å². The van der Waals surface area contributed by atoms with Crippen LogP contribution in [0.3, 0.4) is 0 Å². The quantitative estimate of drug-likeness (QED) is 0.652. The molecule has 31 heavy (non-hydrogen) atoms. The van der Waals surface area contributed by atoms with Crippen LogP contribution in [0.2, 0.25) is 0 Å². The van der Waals surface area contributed by atoms with Crippen LogP contribution in [0.1, 0.15) is 38.4 Å². The maximum atomic E-state index is 12.9. The number of methoxy groups -OCH3 is 1. The molecule has 0 bridgehead atoms. The zero-order valence-corrected chi connectivity index (χ0v) is 19.7. The van der Waals surface area contributed by atoms with Gasteiger partial charge < -0.3 is 19.9 Å². The zero-order chi connectivity index (χ0) is 23.2. The van der Waals surface area contributed by atoms with E-state index in [0.717, 1.165) is 16.9 Å². The van der Waals surface area contributed by atoms with E-state index in [1.54, 1.807) is 25.9 Å². The van der Waals surface area contributed by atoms with E-state index >= 15 is 0 Å². The monoisotopic (exact) mass is 429 g/mol. The Hall–Kier alpha value is -2.87. The van der Waals surface area contributed by atoms with Gasteiger partial charge in [-0.25, -0.2) is 9.48 Å². The minimum Gasteiger partial charge on any atom is -0.385 e. The van der Waals surface area contributed by atoms with Crippen molar-refractivity contribution in [1.82, 2.24) is 19.6 Å². The van der Waals surface area contributed by atoms with Crippen LogP contribution in [0.4, 0.5) is 10.6 Å². The van der Waals surface area contributed by atoms with Crippen LogP contribution in [0.5, 0.6) is 0 Å². The molecular formula is C23H35N5O3. The summed E-state index contributed by atoms with van der Waals surface area (Å²) in [5.41, 5.74) is 2.69. The number of hydrogen-bond acceptors (Lipinski definition) is 4. The molecule has 8 nitrogen and oxygen atoms in total. The van der Waals surface area contributed by atoms with Gasteiger partial charge in [0.1, 0.15) is 12.4 Å². The lowest BCUT2D eigenvalue weighted by atomic mass is 9.92. The van der Waals surface area contributed by atoms with Gasteiger partial charge >= 0.3 is 6.03 Å². The number of nitrogens with zero attached hydrogens (tertiary/aromatic N) is 4. The average molecular weight is 430 g/mol. The summed E-state index contributed by atoms with van der Waals surface area (Å²) in [6.07, 6.45) is 0.652. The van der Waals surface area contributed by atoms with E-state index in [-0.39, 0.29) is 23.9 Å². The number of amides is 3. The van der Waals surface area contributed by atoms with Gasteiger partial charge in [0.05, 0.1) is 11.4 Å². The number of aromatic nitrogens is 2. The second kappa shape index (κ2) is 10.4. The Labute approximate surface area is 185 Å². The predicted octanol–water partition coefficient (Wildman–Crippen LogP) is 3.44. The number of carbonyl (C=O) groups excluding carboxylic acids is 2. The van der Waals surface area contributed by atoms with Crippen LogP contribution in [-0.4, -0.2) is 72.4 Å². The summed E-state index contributed by atoms with van der Waals surface area (Å²) in [5, 5.41) is 7.68. The van der Waals surface area contributed by atoms with Crippen molar-refractivity contribution in [3.63, 3.8) is 0 Å². The molecule has 1 aromatic carbocycles. The first-order valence-electron chi connectivity index (χ1n) is 10.5. The number of carbonyl (C=O) groups is 2. The molecule has 0 saturated carbocycles. The van der Waals surface area contributed by atoms with Crippen molar-refractivity contribution in [2.24, 2.45) is 0 Å². The largest absolute Gasteiger partial charge is 0.385 e. The lowest BCUT2D eigenvalue weighted by Gasteiger charge is -2.25. The highest BCUT2D eigenvalue weighted by Crippen LogP contribution is 2.26. The molecule has 1 heterocycles. The molecule has 0 aliphatic carbocycles. The van der Waals surface area contributed by atoms with Gasteiger partial charge in [-0.3, -0.25) is 4.79 Å². The normalized spacial score (nSPS) is 11.3. The number of urea groups is 1. The van der Waals surface area contributed by atoms with Gasteiger partial charge in [-0.05, 0) is 25.5 Å². The summed E-state index contributed by atoms with van der Waals surface area (Å²) in [4.78, 5) is 28.4. The van der Waals surface area contributed by atoms with Crippen molar-refractivity contribution in [3.8, 4) is 5.69 Å². The van der Waals surface area contributed by atoms with Crippen molar-refractivity contribution in [2.75, 3.05) is 46.2 Å². The highest BCUT2D eigenvalue weighted by molar-refractivity contribution is 5.94. The van der Waals surface area contributed by atoms with E-state index in [1.165, 1.54) is 9.80 Å². The Morgan fingerprint density at radius 3 is 2.35 bits per heavy atom. The Bertz CT molecular complexity index is 882. The third-order valence-corrected chi connectivity index (χ3v) is 4.79. The molecule has 0 atom stereocenters. The molecule has 0 saturated heterocycles. The summed E-state index contributed by atoms with van der Waals surface area (Å²) in [7, 11) is 4.96. The second-order valence-electron chi connectivity index (χ2n) is 8.91. The minimum atomic E-state index is -0.277. The van der Waals surface area contributed by atoms with Gasteiger partial charge in [0.2, 0.25) is 5.91 Å². The molecule has 170 valence electrons. The summed E-state index contributed by atoms with van der Waals surface area (Å²) in [6, 6.07) is 9.63. The Balaban J connectivity index is 2.26. The molecule has 8 heteroatoms. The first kappa shape index (κ1) is 24.4. The lowest BCUT2D eigenvalue weighted by molar-refractivity contribution is -0.117. The highest BCUT2D eigenvalue weighted by Gasteiger charge is 2.23. The van der Waals surface area contributed by atoms with E-state index < -0.39 is 0 Å². The predicted molar refractivity (Wildman–Crippen MR) is 123 cm³/mol. The van der Waals surface area contributed by atoms with Crippen molar-refractivity contribution in [1.29, 1.82) is 0 Å². The van der Waals surface area contributed by atoms with Crippen LogP contribution in [0.15, 0.2) is 30.3 Å². The van der Waals surface area contributed by atoms with Crippen molar-refractivity contribution >= 4 is 17.8 Å². The number of anilines is 1. The lowest BCUT2D eigenvalue weighted by Crippen LogP contribution is -2.44. The zero-order valence-electron chi connectivity index (χ0n) is 19.7. The second-order valence-corrected chi connectivity index (χ2v) is 8.91. The van der Waals surface area contributed by atoms with Crippen molar-refractivity contribution < 1.29 is 14.3 Å². The Kier molecular flexibility index (Phi) is 8.21. The summed E-state index contributed by atoms with van der Waals surface area (Å²) in [6.45, 7) is 9.16. The molecule has 0 fully saturated rings. The first-order chi connectivity index (χ1) is 14.5. The van der Waals surface area contributed by atoms with Crippen LogP contribution in [0, 0.1) is 6.92 Å². The molecule has 1 aromatic heterocycles. The summed E-state index contributed by atoms with van der Waals surface area (Å²) < 4.78 is 6.81. The number of ether oxygens (including phenoxy) is 1. The van der Waals surface area contributed by atoms with Crippen LogP contribution in [-0.2, 0) is 14.9 Å². The number of benzene rings is 1. The van der Waals surface area contributed by atoms with E-state index in [4.69, 9.17) is 9.84 Å². The fraction of sp³-hybridized carbons (Fsp3) is 0.522. The van der Waals surface area contributed by atoms with E-state index in [9.17, 15) is 9.59 Å². The van der Waals surface area contributed by atoms with Gasteiger partial charge in [0.25, 0.3) is 0 Å². The fourth-order valence-electron chi connectivity index (χ4n) is 3.00. The molecule has 0 aliphatic heterocycles. The number of hydrogen-bond donors (Lipinski definition) is 1. The molecule has 1 N–H and O–H groups in total. The van der Waals surface area contributed by atoms with Gasteiger partial charge in [-0.15, -0.1) is 0 Å².